The lowest BCUT2D eigenvalue weighted by atomic mass is 10.0. The van der Waals surface area contributed by atoms with Gasteiger partial charge < -0.3 is 20.7 Å². The van der Waals surface area contributed by atoms with Crippen molar-refractivity contribution in [3.05, 3.63) is 69.5 Å². The summed E-state index contributed by atoms with van der Waals surface area (Å²) in [5.41, 5.74) is 12.7. The van der Waals surface area contributed by atoms with Crippen LogP contribution in [0.25, 0.3) is 0 Å². The molecule has 3 aromatic rings. The van der Waals surface area contributed by atoms with E-state index in [2.05, 4.69) is 58.3 Å². The van der Waals surface area contributed by atoms with Crippen molar-refractivity contribution in [2.45, 2.75) is 33.7 Å². The summed E-state index contributed by atoms with van der Waals surface area (Å²) in [6.07, 6.45) is 2.33. The van der Waals surface area contributed by atoms with Crippen molar-refractivity contribution in [3.8, 4) is 0 Å². The number of pyridine rings is 1. The van der Waals surface area contributed by atoms with Gasteiger partial charge in [0.1, 0.15) is 11.4 Å². The van der Waals surface area contributed by atoms with Crippen LogP contribution >= 0.6 is 0 Å². The van der Waals surface area contributed by atoms with Crippen LogP contribution in [0.4, 0.5) is 11.6 Å². The smallest absolute Gasteiger partial charge is 0.254 e. The first-order valence-corrected chi connectivity index (χ1v) is 10.9. The van der Waals surface area contributed by atoms with Gasteiger partial charge in [0, 0.05) is 32.3 Å². The number of ether oxygens (including phenoxy) is 1. The van der Waals surface area contributed by atoms with E-state index in [9.17, 15) is 4.79 Å². The van der Waals surface area contributed by atoms with E-state index in [0.717, 1.165) is 43.2 Å². The van der Waals surface area contributed by atoms with Crippen LogP contribution in [0.3, 0.4) is 0 Å². The van der Waals surface area contributed by atoms with E-state index in [4.69, 9.17) is 10.5 Å². The van der Waals surface area contributed by atoms with Crippen LogP contribution in [0.2, 0.25) is 0 Å². The van der Waals surface area contributed by atoms with Gasteiger partial charge in [0.05, 0.1) is 18.9 Å². The van der Waals surface area contributed by atoms with Gasteiger partial charge in [0.2, 0.25) is 0 Å². The second-order valence-electron chi connectivity index (χ2n) is 8.30. The summed E-state index contributed by atoms with van der Waals surface area (Å²) >= 11 is 0. The number of aromatic amines is 1. The molecule has 0 saturated carbocycles. The third-order valence-corrected chi connectivity index (χ3v) is 6.06. The lowest BCUT2D eigenvalue weighted by Gasteiger charge is -2.27. The second-order valence-corrected chi connectivity index (χ2v) is 8.30. The van der Waals surface area contributed by atoms with Gasteiger partial charge in [-0.05, 0) is 54.7 Å². The van der Waals surface area contributed by atoms with Crippen molar-refractivity contribution in [2.75, 3.05) is 36.5 Å². The summed E-state index contributed by atoms with van der Waals surface area (Å²) in [6.45, 7) is 10.0. The molecule has 1 aliphatic rings. The van der Waals surface area contributed by atoms with E-state index >= 15 is 0 Å². The Bertz CT molecular complexity index is 1080. The van der Waals surface area contributed by atoms with Gasteiger partial charge in [-0.25, -0.2) is 4.98 Å². The van der Waals surface area contributed by atoms with E-state index in [1.54, 1.807) is 0 Å². The quantitative estimate of drug-likeness (QED) is 0.528. The predicted molar refractivity (Wildman–Crippen MR) is 125 cm³/mol. The third kappa shape index (κ3) is 4.75. The average molecular weight is 435 g/mol. The SMILES string of the molecule is Cc1cc(CNc2n[nH]c(Cc3ccc(N4CCOCC4)nc3)c2C(N)=O)cc(C)c1C. The summed E-state index contributed by atoms with van der Waals surface area (Å²) in [6, 6.07) is 8.32. The summed E-state index contributed by atoms with van der Waals surface area (Å²) in [7, 11) is 0. The Morgan fingerprint density at radius 1 is 1.16 bits per heavy atom. The van der Waals surface area contributed by atoms with Gasteiger partial charge in [0.15, 0.2) is 5.82 Å². The Hall–Kier alpha value is -3.39. The molecular weight excluding hydrogens is 404 g/mol. The molecule has 1 saturated heterocycles. The zero-order valence-electron chi connectivity index (χ0n) is 18.9. The molecule has 1 fully saturated rings. The number of amides is 1. The van der Waals surface area contributed by atoms with Crippen LogP contribution < -0.4 is 16.0 Å². The number of carbonyl (C=O) groups is 1. The Kier molecular flexibility index (Phi) is 6.41. The number of H-pyrrole nitrogens is 1. The Labute approximate surface area is 188 Å². The van der Waals surface area contributed by atoms with Gasteiger partial charge >= 0.3 is 0 Å². The first-order valence-electron chi connectivity index (χ1n) is 10.9. The number of hydrogen-bond acceptors (Lipinski definition) is 6. The lowest BCUT2D eigenvalue weighted by Crippen LogP contribution is -2.36. The maximum atomic E-state index is 12.2. The number of morpholine rings is 1. The fourth-order valence-corrected chi connectivity index (χ4v) is 4.02. The average Bonchev–Trinajstić information content (AvgIpc) is 3.19. The minimum atomic E-state index is -0.509. The molecule has 4 N–H and O–H groups in total. The van der Waals surface area contributed by atoms with Gasteiger partial charge in [-0.2, -0.15) is 5.10 Å². The van der Waals surface area contributed by atoms with Crippen molar-refractivity contribution < 1.29 is 9.53 Å². The molecule has 8 nitrogen and oxygen atoms in total. The van der Waals surface area contributed by atoms with Crippen LogP contribution in [0.5, 0.6) is 0 Å². The molecule has 0 radical (unpaired) electrons. The monoisotopic (exact) mass is 434 g/mol. The molecular formula is C24H30N6O2. The number of anilines is 2. The van der Waals surface area contributed by atoms with Gasteiger partial charge in [-0.15, -0.1) is 0 Å². The minimum absolute atomic E-state index is 0.391. The van der Waals surface area contributed by atoms with Crippen LogP contribution in [0.1, 0.15) is 43.9 Å². The molecule has 1 amide bonds. The van der Waals surface area contributed by atoms with E-state index in [-0.39, 0.29) is 0 Å². The normalized spacial score (nSPS) is 13.9. The van der Waals surface area contributed by atoms with E-state index in [1.165, 1.54) is 16.7 Å². The molecule has 2 aromatic heterocycles. The molecule has 0 bridgehead atoms. The molecule has 0 spiro atoms. The molecule has 32 heavy (non-hydrogen) atoms. The molecule has 8 heteroatoms. The van der Waals surface area contributed by atoms with Crippen LogP contribution in [0, 0.1) is 20.8 Å². The van der Waals surface area contributed by atoms with Crippen molar-refractivity contribution in [2.24, 2.45) is 5.73 Å². The molecule has 0 unspecified atom stereocenters. The molecule has 0 aliphatic carbocycles. The first kappa shape index (κ1) is 21.8. The molecule has 4 rings (SSSR count). The van der Waals surface area contributed by atoms with Gasteiger partial charge in [0.25, 0.3) is 5.91 Å². The lowest BCUT2D eigenvalue weighted by molar-refractivity contribution is 0.100. The predicted octanol–water partition coefficient (Wildman–Crippen LogP) is 2.87. The summed E-state index contributed by atoms with van der Waals surface area (Å²) in [5.74, 6) is 0.898. The topological polar surface area (TPSA) is 109 Å². The van der Waals surface area contributed by atoms with E-state index < -0.39 is 5.91 Å². The number of nitrogens with two attached hydrogens (primary N) is 1. The van der Waals surface area contributed by atoms with Crippen LogP contribution in [0.15, 0.2) is 30.5 Å². The highest BCUT2D eigenvalue weighted by atomic mass is 16.5. The van der Waals surface area contributed by atoms with Crippen LogP contribution in [-0.4, -0.2) is 47.4 Å². The summed E-state index contributed by atoms with van der Waals surface area (Å²) < 4.78 is 5.40. The van der Waals surface area contributed by atoms with Gasteiger partial charge in [-0.1, -0.05) is 18.2 Å². The maximum absolute atomic E-state index is 12.2. The number of hydrogen-bond donors (Lipinski definition) is 3. The Morgan fingerprint density at radius 3 is 2.50 bits per heavy atom. The zero-order valence-corrected chi connectivity index (χ0v) is 18.9. The summed E-state index contributed by atoms with van der Waals surface area (Å²) in [4.78, 5) is 19.0. The third-order valence-electron chi connectivity index (χ3n) is 6.06. The highest BCUT2D eigenvalue weighted by Crippen LogP contribution is 2.22. The number of aryl methyl sites for hydroxylation is 2. The number of nitrogens with zero attached hydrogens (tertiary/aromatic N) is 3. The number of carbonyl (C=O) groups excluding carboxylic acids is 1. The fourth-order valence-electron chi connectivity index (χ4n) is 4.02. The van der Waals surface area contributed by atoms with Crippen molar-refractivity contribution in [1.29, 1.82) is 0 Å². The number of aromatic nitrogens is 3. The summed E-state index contributed by atoms with van der Waals surface area (Å²) in [5, 5.41) is 10.6. The largest absolute Gasteiger partial charge is 0.378 e. The maximum Gasteiger partial charge on any atom is 0.254 e. The second kappa shape index (κ2) is 9.40. The molecule has 3 heterocycles. The zero-order chi connectivity index (χ0) is 22.7. The van der Waals surface area contributed by atoms with Crippen molar-refractivity contribution in [1.82, 2.24) is 15.2 Å². The molecule has 0 atom stereocenters. The standard InChI is InChI=1S/C24H30N6O2/c1-15-10-19(11-16(2)17(15)3)14-27-24-22(23(25)31)20(28-29-24)12-18-4-5-21(26-13-18)30-6-8-32-9-7-30/h4-5,10-11,13H,6-9,12,14H2,1-3H3,(H2,25,31)(H2,27,28,29). The number of primary amides is 1. The van der Waals surface area contributed by atoms with Crippen molar-refractivity contribution in [3.63, 3.8) is 0 Å². The first-order chi connectivity index (χ1) is 15.4. The number of benzene rings is 1. The highest BCUT2D eigenvalue weighted by molar-refractivity contribution is 5.98. The molecule has 1 aromatic carbocycles. The fraction of sp³-hybridized carbons (Fsp3) is 0.375. The van der Waals surface area contributed by atoms with Crippen molar-refractivity contribution >= 4 is 17.5 Å². The highest BCUT2D eigenvalue weighted by Gasteiger charge is 2.19. The van der Waals surface area contributed by atoms with E-state index in [1.807, 2.05) is 18.3 Å². The number of nitrogens with one attached hydrogen (secondary N) is 2. The Morgan fingerprint density at radius 2 is 1.88 bits per heavy atom. The molecule has 168 valence electrons. The number of rotatable bonds is 7. The minimum Gasteiger partial charge on any atom is -0.378 e. The Balaban J connectivity index is 1.47. The van der Waals surface area contributed by atoms with E-state index in [0.29, 0.717) is 30.0 Å². The molecule has 1 aliphatic heterocycles. The van der Waals surface area contributed by atoms with Gasteiger partial charge in [-0.3, -0.25) is 9.89 Å². The van der Waals surface area contributed by atoms with Crippen LogP contribution in [-0.2, 0) is 17.7 Å².